The Balaban J connectivity index is 1.21. The average Bonchev–Trinajstić information content (AvgIpc) is 3.46. The normalized spacial score (nSPS) is 18.3. The molecule has 34 heavy (non-hydrogen) atoms. The highest BCUT2D eigenvalue weighted by atomic mass is 32.2. The quantitative estimate of drug-likeness (QED) is 0.514. The van der Waals surface area contributed by atoms with Gasteiger partial charge in [0.2, 0.25) is 27.0 Å². The van der Waals surface area contributed by atoms with E-state index in [2.05, 4.69) is 25.6 Å². The van der Waals surface area contributed by atoms with E-state index in [-0.39, 0.29) is 23.5 Å². The van der Waals surface area contributed by atoms with Crippen LogP contribution in [-0.4, -0.2) is 96.1 Å². The second kappa shape index (κ2) is 10.6. The first-order valence-electron chi connectivity index (χ1n) is 10.9. The molecule has 2 aliphatic heterocycles. The molecule has 2 amide bonds. The number of thioether (sulfide) groups is 1. The SMILES string of the molecule is Cc1cc(NC(=O)CSc2nnc(N3CCN(C(=O)C4CCN(S(C)(=O)=O)CC4)CC3)s2)no1. The Kier molecular flexibility index (Phi) is 7.74. The molecule has 2 aromatic heterocycles. The van der Waals surface area contributed by atoms with Gasteiger partial charge in [-0.15, -0.1) is 10.2 Å². The van der Waals surface area contributed by atoms with Crippen LogP contribution in [0.1, 0.15) is 18.6 Å². The van der Waals surface area contributed by atoms with Crippen LogP contribution in [0, 0.1) is 12.8 Å². The third-order valence-corrected chi connectivity index (χ3v) is 9.17. The minimum absolute atomic E-state index is 0.106. The van der Waals surface area contributed by atoms with Gasteiger partial charge in [-0.2, -0.15) is 0 Å². The molecule has 15 heteroatoms. The Morgan fingerprint density at radius 2 is 1.88 bits per heavy atom. The fourth-order valence-corrected chi connectivity index (χ4v) is 6.50. The van der Waals surface area contributed by atoms with Crippen LogP contribution >= 0.6 is 23.1 Å². The predicted octanol–water partition coefficient (Wildman–Crippen LogP) is 0.886. The van der Waals surface area contributed by atoms with E-state index in [9.17, 15) is 18.0 Å². The smallest absolute Gasteiger partial charge is 0.236 e. The average molecular weight is 530 g/mol. The second-order valence-corrected chi connectivity index (χ2v) is 12.4. The lowest BCUT2D eigenvalue weighted by Gasteiger charge is -2.38. The molecule has 4 rings (SSSR count). The molecule has 0 aliphatic carbocycles. The van der Waals surface area contributed by atoms with Crippen LogP contribution in [0.3, 0.4) is 0 Å². The van der Waals surface area contributed by atoms with Gasteiger partial charge in [-0.25, -0.2) is 12.7 Å². The van der Waals surface area contributed by atoms with Gasteiger partial charge in [-0.05, 0) is 19.8 Å². The zero-order valence-corrected chi connectivity index (χ0v) is 21.4. The number of rotatable bonds is 7. The summed E-state index contributed by atoms with van der Waals surface area (Å²) in [6.07, 6.45) is 2.33. The molecule has 12 nitrogen and oxygen atoms in total. The highest BCUT2D eigenvalue weighted by Gasteiger charge is 2.33. The van der Waals surface area contributed by atoms with Gasteiger partial charge in [0, 0.05) is 51.3 Å². The van der Waals surface area contributed by atoms with Crippen molar-refractivity contribution in [3.8, 4) is 0 Å². The van der Waals surface area contributed by atoms with Gasteiger partial charge in [0.1, 0.15) is 5.76 Å². The maximum atomic E-state index is 12.9. The molecule has 0 aromatic carbocycles. The predicted molar refractivity (Wildman–Crippen MR) is 128 cm³/mol. The number of hydrogen-bond donors (Lipinski definition) is 1. The Bertz CT molecular complexity index is 1120. The number of sulfonamides is 1. The summed E-state index contributed by atoms with van der Waals surface area (Å²) in [5.41, 5.74) is 0. The Labute approximate surface area is 206 Å². The van der Waals surface area contributed by atoms with Crippen LogP contribution in [0.4, 0.5) is 10.9 Å². The van der Waals surface area contributed by atoms with Crippen molar-refractivity contribution in [1.82, 2.24) is 24.6 Å². The van der Waals surface area contributed by atoms with E-state index in [0.29, 0.717) is 68.0 Å². The fraction of sp³-hybridized carbons (Fsp3) is 0.632. The van der Waals surface area contributed by atoms with Crippen LogP contribution in [-0.2, 0) is 19.6 Å². The summed E-state index contributed by atoms with van der Waals surface area (Å²) in [6.45, 7) is 5.03. The fourth-order valence-electron chi connectivity index (χ4n) is 3.93. The summed E-state index contributed by atoms with van der Waals surface area (Å²) < 4.78 is 30.4. The highest BCUT2D eigenvalue weighted by Crippen LogP contribution is 2.29. The second-order valence-electron chi connectivity index (χ2n) is 8.26. The third kappa shape index (κ3) is 6.25. The summed E-state index contributed by atoms with van der Waals surface area (Å²) >= 11 is 2.72. The molecule has 0 unspecified atom stereocenters. The molecule has 2 fully saturated rings. The molecule has 186 valence electrons. The number of piperidine rings is 1. The van der Waals surface area contributed by atoms with Crippen molar-refractivity contribution in [3.05, 3.63) is 11.8 Å². The van der Waals surface area contributed by atoms with E-state index in [4.69, 9.17) is 4.52 Å². The monoisotopic (exact) mass is 529 g/mol. The Morgan fingerprint density at radius 1 is 1.18 bits per heavy atom. The van der Waals surface area contributed by atoms with Crippen molar-refractivity contribution in [2.45, 2.75) is 24.1 Å². The van der Waals surface area contributed by atoms with Gasteiger partial charge in [-0.1, -0.05) is 28.3 Å². The molecular formula is C19H27N7O5S3. The molecule has 4 heterocycles. The molecule has 0 spiro atoms. The van der Waals surface area contributed by atoms with Crippen molar-refractivity contribution >= 4 is 55.9 Å². The van der Waals surface area contributed by atoms with Gasteiger partial charge in [0.05, 0.1) is 12.0 Å². The van der Waals surface area contributed by atoms with Crippen LogP contribution < -0.4 is 10.2 Å². The molecule has 2 aliphatic rings. The number of amides is 2. The van der Waals surface area contributed by atoms with Gasteiger partial charge < -0.3 is 19.6 Å². The van der Waals surface area contributed by atoms with E-state index >= 15 is 0 Å². The lowest BCUT2D eigenvalue weighted by molar-refractivity contribution is -0.137. The third-order valence-electron chi connectivity index (χ3n) is 5.75. The van der Waals surface area contributed by atoms with Gasteiger partial charge >= 0.3 is 0 Å². The first kappa shape index (κ1) is 24.9. The highest BCUT2D eigenvalue weighted by molar-refractivity contribution is 8.01. The number of nitrogens with one attached hydrogen (secondary N) is 1. The van der Waals surface area contributed by atoms with Crippen LogP contribution in [0.15, 0.2) is 14.9 Å². The van der Waals surface area contributed by atoms with E-state index < -0.39 is 10.0 Å². The van der Waals surface area contributed by atoms with Gasteiger partial charge in [-0.3, -0.25) is 9.59 Å². The molecule has 0 saturated carbocycles. The lowest BCUT2D eigenvalue weighted by Crippen LogP contribution is -2.52. The summed E-state index contributed by atoms with van der Waals surface area (Å²) in [6, 6.07) is 1.65. The number of piperazine rings is 1. The number of nitrogens with zero attached hydrogens (tertiary/aromatic N) is 6. The number of carbonyl (C=O) groups is 2. The molecule has 2 saturated heterocycles. The summed E-state index contributed by atoms with van der Waals surface area (Å²) in [5.74, 6) is 0.965. The zero-order valence-electron chi connectivity index (χ0n) is 19.0. The largest absolute Gasteiger partial charge is 0.360 e. The van der Waals surface area contributed by atoms with Gasteiger partial charge in [0.15, 0.2) is 10.2 Å². The van der Waals surface area contributed by atoms with Crippen LogP contribution in [0.25, 0.3) is 0 Å². The first-order chi connectivity index (χ1) is 16.2. The van der Waals surface area contributed by atoms with Crippen molar-refractivity contribution in [1.29, 1.82) is 0 Å². The van der Waals surface area contributed by atoms with Crippen molar-refractivity contribution < 1.29 is 22.5 Å². The summed E-state index contributed by atoms with van der Waals surface area (Å²) in [4.78, 5) is 28.9. The van der Waals surface area contributed by atoms with E-state index in [1.165, 1.54) is 33.7 Å². The molecule has 0 radical (unpaired) electrons. The Morgan fingerprint density at radius 3 is 2.50 bits per heavy atom. The molecule has 2 aromatic rings. The van der Waals surface area contributed by atoms with E-state index in [0.717, 1.165) is 5.13 Å². The van der Waals surface area contributed by atoms with Crippen LogP contribution in [0.2, 0.25) is 0 Å². The number of hydrogen-bond acceptors (Lipinski definition) is 11. The number of aromatic nitrogens is 3. The van der Waals surface area contributed by atoms with Crippen molar-refractivity contribution in [2.24, 2.45) is 5.92 Å². The van der Waals surface area contributed by atoms with E-state index in [1.54, 1.807) is 13.0 Å². The summed E-state index contributed by atoms with van der Waals surface area (Å²) in [7, 11) is -3.20. The van der Waals surface area contributed by atoms with E-state index in [1.807, 2.05) is 4.90 Å². The van der Waals surface area contributed by atoms with Crippen molar-refractivity contribution in [3.63, 3.8) is 0 Å². The molecule has 0 atom stereocenters. The van der Waals surface area contributed by atoms with Crippen molar-refractivity contribution in [2.75, 3.05) is 61.5 Å². The summed E-state index contributed by atoms with van der Waals surface area (Å²) in [5, 5.41) is 15.6. The number of carbonyl (C=O) groups excluding carboxylic acids is 2. The van der Waals surface area contributed by atoms with Crippen LogP contribution in [0.5, 0.6) is 0 Å². The minimum atomic E-state index is -3.20. The minimum Gasteiger partial charge on any atom is -0.360 e. The first-order valence-corrected chi connectivity index (χ1v) is 14.5. The molecular weight excluding hydrogens is 502 g/mol. The maximum Gasteiger partial charge on any atom is 0.236 e. The zero-order chi connectivity index (χ0) is 24.3. The maximum absolute atomic E-state index is 12.9. The standard InChI is InChI=1S/C19H27N7O5S3/c1-13-11-15(23-31-13)20-16(27)12-32-19-22-21-18(33-19)25-9-7-24(8-10-25)17(28)14-3-5-26(6-4-14)34(2,29)30/h11,14H,3-10,12H2,1-2H3,(H,20,23,27). The topological polar surface area (TPSA) is 142 Å². The van der Waals surface area contributed by atoms with Gasteiger partial charge in [0.25, 0.3) is 0 Å². The Hall–Kier alpha value is -2.23. The number of anilines is 2. The molecule has 0 bridgehead atoms. The molecule has 1 N–H and O–H groups in total. The lowest BCUT2D eigenvalue weighted by atomic mass is 9.96. The number of aryl methyl sites for hydroxylation is 1.